The van der Waals surface area contributed by atoms with E-state index in [1.54, 1.807) is 12.3 Å². The van der Waals surface area contributed by atoms with E-state index in [2.05, 4.69) is 73.4 Å². The molecule has 1 amide bonds. The van der Waals surface area contributed by atoms with E-state index in [4.69, 9.17) is 0 Å². The molecule has 26 heavy (non-hydrogen) atoms. The molecule has 0 fully saturated rings. The van der Waals surface area contributed by atoms with Crippen LogP contribution in [0.25, 0.3) is 0 Å². The molecule has 2 N–H and O–H groups in total. The number of benzene rings is 1. The normalized spacial score (nSPS) is 11.0. The lowest BCUT2D eigenvalue weighted by Crippen LogP contribution is -2.25. The highest BCUT2D eigenvalue weighted by atomic mass is 16.1. The number of carbonyl (C=O) groups is 1. The molecule has 2 aromatic rings. The predicted molar refractivity (Wildman–Crippen MR) is 107 cm³/mol. The minimum absolute atomic E-state index is 0.162. The van der Waals surface area contributed by atoms with Crippen LogP contribution in [0, 0.1) is 0 Å². The fraction of sp³-hybridized carbons (Fsp3) is 0.476. The summed E-state index contributed by atoms with van der Waals surface area (Å²) < 4.78 is 0. The molecule has 0 saturated heterocycles. The maximum atomic E-state index is 12.2. The predicted octanol–water partition coefficient (Wildman–Crippen LogP) is 5.00. The minimum atomic E-state index is -0.162. The standard InChI is InChI=1S/C21H30N4O/c1-6-7-12-22-20(26)18-11-13-23-21(24-18)25-19-16(14(2)3)9-8-10-17(19)15(4)5/h8-11,13-15H,6-7,12H2,1-5H3,(H,22,26)(H,23,24,25). The zero-order chi connectivity index (χ0) is 19.1. The van der Waals surface area contributed by atoms with E-state index in [1.807, 2.05) is 0 Å². The van der Waals surface area contributed by atoms with Crippen LogP contribution in [0.3, 0.4) is 0 Å². The average Bonchev–Trinajstić information content (AvgIpc) is 2.61. The van der Waals surface area contributed by atoms with Crippen LogP contribution in [0.2, 0.25) is 0 Å². The number of anilines is 2. The monoisotopic (exact) mass is 354 g/mol. The van der Waals surface area contributed by atoms with Crippen molar-refractivity contribution < 1.29 is 4.79 Å². The quantitative estimate of drug-likeness (QED) is 0.655. The Morgan fingerprint density at radius 1 is 1.08 bits per heavy atom. The lowest BCUT2D eigenvalue weighted by molar-refractivity contribution is 0.0948. The number of nitrogens with one attached hydrogen (secondary N) is 2. The van der Waals surface area contributed by atoms with Crippen molar-refractivity contribution in [3.63, 3.8) is 0 Å². The Labute approximate surface area is 156 Å². The molecule has 5 nitrogen and oxygen atoms in total. The van der Waals surface area contributed by atoms with E-state index in [1.165, 1.54) is 11.1 Å². The van der Waals surface area contributed by atoms with Crippen LogP contribution in [-0.2, 0) is 0 Å². The van der Waals surface area contributed by atoms with Crippen LogP contribution in [0.5, 0.6) is 0 Å². The third-order valence-corrected chi connectivity index (χ3v) is 4.31. The first-order chi connectivity index (χ1) is 12.4. The number of hydrogen-bond acceptors (Lipinski definition) is 4. The van der Waals surface area contributed by atoms with E-state index in [-0.39, 0.29) is 5.91 Å². The molecular weight excluding hydrogens is 324 g/mol. The van der Waals surface area contributed by atoms with Gasteiger partial charge >= 0.3 is 0 Å². The maximum Gasteiger partial charge on any atom is 0.270 e. The number of amides is 1. The lowest BCUT2D eigenvalue weighted by atomic mass is 9.93. The Balaban J connectivity index is 2.29. The molecular formula is C21H30N4O. The van der Waals surface area contributed by atoms with E-state index in [0.29, 0.717) is 30.0 Å². The second-order valence-electron chi connectivity index (χ2n) is 7.12. The number of carbonyl (C=O) groups excluding carboxylic acids is 1. The van der Waals surface area contributed by atoms with E-state index in [0.717, 1.165) is 18.5 Å². The number of nitrogens with zero attached hydrogens (tertiary/aromatic N) is 2. The zero-order valence-corrected chi connectivity index (χ0v) is 16.5. The minimum Gasteiger partial charge on any atom is -0.351 e. The van der Waals surface area contributed by atoms with Crippen molar-refractivity contribution in [1.82, 2.24) is 15.3 Å². The second kappa shape index (κ2) is 9.32. The summed E-state index contributed by atoms with van der Waals surface area (Å²) in [4.78, 5) is 21.0. The van der Waals surface area contributed by atoms with Gasteiger partial charge in [0.25, 0.3) is 5.91 Å². The van der Waals surface area contributed by atoms with E-state index < -0.39 is 0 Å². The fourth-order valence-corrected chi connectivity index (χ4v) is 2.82. The van der Waals surface area contributed by atoms with Crippen molar-refractivity contribution in [3.05, 3.63) is 47.3 Å². The molecule has 1 aromatic heterocycles. The molecule has 0 aliphatic carbocycles. The highest BCUT2D eigenvalue weighted by molar-refractivity contribution is 5.92. The SMILES string of the molecule is CCCCNC(=O)c1ccnc(Nc2c(C(C)C)cccc2C(C)C)n1. The third-order valence-electron chi connectivity index (χ3n) is 4.31. The van der Waals surface area contributed by atoms with Gasteiger partial charge in [-0.3, -0.25) is 4.79 Å². The van der Waals surface area contributed by atoms with E-state index in [9.17, 15) is 4.79 Å². The van der Waals surface area contributed by atoms with Gasteiger partial charge in [0.05, 0.1) is 0 Å². The summed E-state index contributed by atoms with van der Waals surface area (Å²) >= 11 is 0. The van der Waals surface area contributed by atoms with Crippen LogP contribution >= 0.6 is 0 Å². The second-order valence-corrected chi connectivity index (χ2v) is 7.12. The number of hydrogen-bond donors (Lipinski definition) is 2. The smallest absolute Gasteiger partial charge is 0.270 e. The molecule has 2 rings (SSSR count). The van der Waals surface area contributed by atoms with Gasteiger partial charge in [0.1, 0.15) is 5.69 Å². The summed E-state index contributed by atoms with van der Waals surface area (Å²) in [5.41, 5.74) is 3.86. The molecule has 0 unspecified atom stereocenters. The summed E-state index contributed by atoms with van der Waals surface area (Å²) in [5.74, 6) is 1.03. The van der Waals surface area contributed by atoms with Gasteiger partial charge in [-0.1, -0.05) is 59.2 Å². The third kappa shape index (κ3) is 5.04. The van der Waals surface area contributed by atoms with Crippen LogP contribution in [0.1, 0.15) is 80.9 Å². The number of para-hydroxylation sites is 1. The summed E-state index contributed by atoms with van der Waals surface area (Å²) in [6.45, 7) is 11.4. The van der Waals surface area contributed by atoms with Gasteiger partial charge in [0.2, 0.25) is 5.95 Å². The molecule has 1 heterocycles. The number of rotatable bonds is 8. The first-order valence-corrected chi connectivity index (χ1v) is 9.45. The Bertz CT molecular complexity index is 714. The van der Waals surface area contributed by atoms with Crippen LogP contribution in [0.4, 0.5) is 11.6 Å². The number of unbranched alkanes of at least 4 members (excludes halogenated alkanes) is 1. The van der Waals surface area contributed by atoms with Crippen LogP contribution in [-0.4, -0.2) is 22.4 Å². The van der Waals surface area contributed by atoms with Gasteiger partial charge in [-0.15, -0.1) is 0 Å². The van der Waals surface area contributed by atoms with Crippen molar-refractivity contribution >= 4 is 17.5 Å². The van der Waals surface area contributed by atoms with Crippen LogP contribution < -0.4 is 10.6 Å². The molecule has 0 radical (unpaired) electrons. The van der Waals surface area contributed by atoms with Gasteiger partial charge in [-0.2, -0.15) is 0 Å². The maximum absolute atomic E-state index is 12.2. The van der Waals surface area contributed by atoms with Crippen molar-refractivity contribution in [2.75, 3.05) is 11.9 Å². The molecule has 5 heteroatoms. The van der Waals surface area contributed by atoms with Crippen LogP contribution in [0.15, 0.2) is 30.5 Å². The summed E-state index contributed by atoms with van der Waals surface area (Å²) in [5, 5.41) is 6.26. The molecule has 0 atom stereocenters. The number of aromatic nitrogens is 2. The molecule has 1 aromatic carbocycles. The van der Waals surface area contributed by atoms with Gasteiger partial charge in [0, 0.05) is 18.4 Å². The topological polar surface area (TPSA) is 66.9 Å². The first kappa shape index (κ1) is 19.9. The van der Waals surface area contributed by atoms with Gasteiger partial charge in [0.15, 0.2) is 0 Å². The van der Waals surface area contributed by atoms with Gasteiger partial charge in [-0.25, -0.2) is 9.97 Å². The lowest BCUT2D eigenvalue weighted by Gasteiger charge is -2.20. The summed E-state index contributed by atoms with van der Waals surface area (Å²) in [6.07, 6.45) is 3.62. The molecule has 0 aliphatic heterocycles. The summed E-state index contributed by atoms with van der Waals surface area (Å²) in [7, 11) is 0. The first-order valence-electron chi connectivity index (χ1n) is 9.45. The van der Waals surface area contributed by atoms with Gasteiger partial charge in [-0.05, 0) is 35.4 Å². The molecule has 0 bridgehead atoms. The van der Waals surface area contributed by atoms with Crippen molar-refractivity contribution in [2.24, 2.45) is 0 Å². The fourth-order valence-electron chi connectivity index (χ4n) is 2.82. The summed E-state index contributed by atoms with van der Waals surface area (Å²) in [6, 6.07) is 7.98. The Kier molecular flexibility index (Phi) is 7.13. The largest absolute Gasteiger partial charge is 0.351 e. The molecule has 0 spiro atoms. The van der Waals surface area contributed by atoms with Gasteiger partial charge < -0.3 is 10.6 Å². The molecule has 140 valence electrons. The van der Waals surface area contributed by atoms with Crippen molar-refractivity contribution in [1.29, 1.82) is 0 Å². The Hall–Kier alpha value is -2.43. The average molecular weight is 354 g/mol. The molecule has 0 saturated carbocycles. The Morgan fingerprint density at radius 3 is 2.31 bits per heavy atom. The zero-order valence-electron chi connectivity index (χ0n) is 16.5. The highest BCUT2D eigenvalue weighted by Gasteiger charge is 2.15. The van der Waals surface area contributed by atoms with E-state index >= 15 is 0 Å². The van der Waals surface area contributed by atoms with Crippen molar-refractivity contribution in [3.8, 4) is 0 Å². The van der Waals surface area contributed by atoms with Crippen molar-refractivity contribution in [2.45, 2.75) is 59.3 Å². The highest BCUT2D eigenvalue weighted by Crippen LogP contribution is 2.33. The Morgan fingerprint density at radius 2 is 1.73 bits per heavy atom. The molecule has 0 aliphatic rings.